The maximum atomic E-state index is 7.69. The SMILES string of the molecule is CCc1nsc(Sc2ccc(C(=N)N)c3ccccc23)n1. The maximum absolute atomic E-state index is 7.69. The predicted molar refractivity (Wildman–Crippen MR) is 88.4 cm³/mol. The molecule has 0 unspecified atom stereocenters. The Morgan fingerprint density at radius 3 is 2.67 bits per heavy atom. The standard InChI is InChI=1S/C15H14N4S2/c1-2-13-18-15(21-19-13)20-12-8-7-11(14(16)17)9-5-3-4-6-10(9)12/h3-8H,2H2,1H3,(H3,16,17). The topological polar surface area (TPSA) is 75.7 Å². The molecule has 2 aromatic carbocycles. The zero-order chi connectivity index (χ0) is 14.8. The summed E-state index contributed by atoms with van der Waals surface area (Å²) < 4.78 is 5.25. The molecule has 0 aliphatic heterocycles. The molecule has 3 N–H and O–H groups in total. The Labute approximate surface area is 131 Å². The van der Waals surface area contributed by atoms with E-state index in [9.17, 15) is 0 Å². The summed E-state index contributed by atoms with van der Waals surface area (Å²) in [5.74, 6) is 0.971. The second-order valence-corrected chi connectivity index (χ2v) is 6.54. The van der Waals surface area contributed by atoms with E-state index in [1.807, 2.05) is 43.3 Å². The first-order chi connectivity index (χ1) is 10.2. The summed E-state index contributed by atoms with van der Waals surface area (Å²) >= 11 is 3.03. The fraction of sp³-hybridized carbons (Fsp3) is 0.133. The summed E-state index contributed by atoms with van der Waals surface area (Å²) in [6.45, 7) is 2.05. The molecule has 1 heterocycles. The number of nitrogen functional groups attached to an aromatic ring is 1. The van der Waals surface area contributed by atoms with Crippen LogP contribution in [-0.2, 0) is 6.42 Å². The molecule has 3 rings (SSSR count). The first-order valence-electron chi connectivity index (χ1n) is 6.55. The van der Waals surface area contributed by atoms with Gasteiger partial charge in [0, 0.05) is 16.9 Å². The number of hydrogen-bond acceptors (Lipinski definition) is 5. The quantitative estimate of drug-likeness (QED) is 0.569. The van der Waals surface area contributed by atoms with Gasteiger partial charge in [0.05, 0.1) is 0 Å². The minimum atomic E-state index is 0.0898. The van der Waals surface area contributed by atoms with E-state index in [0.29, 0.717) is 0 Å². The number of aromatic nitrogens is 2. The summed E-state index contributed by atoms with van der Waals surface area (Å²) in [6, 6.07) is 11.9. The molecule has 6 heteroatoms. The lowest BCUT2D eigenvalue weighted by atomic mass is 10.0. The Morgan fingerprint density at radius 2 is 2.00 bits per heavy atom. The van der Waals surface area contributed by atoms with Gasteiger partial charge in [-0.3, -0.25) is 5.41 Å². The van der Waals surface area contributed by atoms with Gasteiger partial charge in [-0.1, -0.05) is 43.0 Å². The van der Waals surface area contributed by atoms with E-state index in [0.717, 1.165) is 37.8 Å². The summed E-state index contributed by atoms with van der Waals surface area (Å²) in [5.41, 5.74) is 6.43. The van der Waals surface area contributed by atoms with Crippen molar-refractivity contribution in [2.45, 2.75) is 22.6 Å². The largest absolute Gasteiger partial charge is 0.384 e. The highest BCUT2D eigenvalue weighted by Crippen LogP contribution is 2.35. The number of hydrogen-bond donors (Lipinski definition) is 2. The minimum absolute atomic E-state index is 0.0898. The molecule has 0 aliphatic carbocycles. The van der Waals surface area contributed by atoms with Crippen LogP contribution in [0.1, 0.15) is 18.3 Å². The van der Waals surface area contributed by atoms with Crippen molar-refractivity contribution in [1.82, 2.24) is 9.36 Å². The van der Waals surface area contributed by atoms with E-state index in [2.05, 4.69) is 9.36 Å². The lowest BCUT2D eigenvalue weighted by Crippen LogP contribution is -2.11. The fourth-order valence-corrected chi connectivity index (χ4v) is 3.91. The molecule has 0 fully saturated rings. The van der Waals surface area contributed by atoms with Crippen LogP contribution < -0.4 is 5.73 Å². The molecule has 0 saturated heterocycles. The average Bonchev–Trinajstić information content (AvgIpc) is 2.95. The third-order valence-corrected chi connectivity index (χ3v) is 5.00. The molecular formula is C15H14N4S2. The van der Waals surface area contributed by atoms with Gasteiger partial charge in [0.1, 0.15) is 11.7 Å². The van der Waals surface area contributed by atoms with Crippen molar-refractivity contribution in [3.63, 3.8) is 0 Å². The van der Waals surface area contributed by atoms with Gasteiger partial charge in [-0.25, -0.2) is 4.98 Å². The van der Waals surface area contributed by atoms with Crippen LogP contribution in [-0.4, -0.2) is 15.2 Å². The molecule has 0 spiro atoms. The fourth-order valence-electron chi connectivity index (χ4n) is 2.11. The average molecular weight is 314 g/mol. The summed E-state index contributed by atoms with van der Waals surface area (Å²) in [4.78, 5) is 5.60. The van der Waals surface area contributed by atoms with Crippen LogP contribution in [0.4, 0.5) is 0 Å². The molecule has 1 aromatic heterocycles. The van der Waals surface area contributed by atoms with Crippen LogP contribution in [0.3, 0.4) is 0 Å². The Bertz CT molecular complexity index is 810. The van der Waals surface area contributed by atoms with Crippen molar-refractivity contribution in [2.75, 3.05) is 0 Å². The van der Waals surface area contributed by atoms with Gasteiger partial charge in [0.15, 0.2) is 4.34 Å². The number of nitrogens with one attached hydrogen (secondary N) is 1. The van der Waals surface area contributed by atoms with E-state index < -0.39 is 0 Å². The van der Waals surface area contributed by atoms with Crippen molar-refractivity contribution in [1.29, 1.82) is 5.41 Å². The Balaban J connectivity index is 2.07. The molecule has 3 aromatic rings. The van der Waals surface area contributed by atoms with E-state index in [4.69, 9.17) is 11.1 Å². The molecule has 0 radical (unpaired) electrons. The number of fused-ring (bicyclic) bond motifs is 1. The normalized spacial score (nSPS) is 10.9. The summed E-state index contributed by atoms with van der Waals surface area (Å²) in [7, 11) is 0. The van der Waals surface area contributed by atoms with Gasteiger partial charge in [-0.05, 0) is 34.4 Å². The van der Waals surface area contributed by atoms with Gasteiger partial charge in [-0.2, -0.15) is 4.37 Å². The molecule has 0 bridgehead atoms. The van der Waals surface area contributed by atoms with E-state index in [1.165, 1.54) is 11.5 Å². The molecule has 0 atom stereocenters. The monoisotopic (exact) mass is 314 g/mol. The zero-order valence-corrected chi connectivity index (χ0v) is 13.1. The van der Waals surface area contributed by atoms with Gasteiger partial charge in [-0.15, -0.1) is 0 Å². The smallest absolute Gasteiger partial charge is 0.174 e. The van der Waals surface area contributed by atoms with Crippen molar-refractivity contribution in [3.05, 3.63) is 47.8 Å². The van der Waals surface area contributed by atoms with Crippen molar-refractivity contribution < 1.29 is 0 Å². The second-order valence-electron chi connectivity index (χ2n) is 4.50. The number of aryl methyl sites for hydroxylation is 1. The van der Waals surface area contributed by atoms with E-state index in [-0.39, 0.29) is 5.84 Å². The van der Waals surface area contributed by atoms with Crippen LogP contribution >= 0.6 is 23.3 Å². The number of amidine groups is 1. The highest BCUT2D eigenvalue weighted by atomic mass is 32.2. The first kappa shape index (κ1) is 14.0. The van der Waals surface area contributed by atoms with E-state index in [1.54, 1.807) is 11.8 Å². The van der Waals surface area contributed by atoms with Crippen LogP contribution in [0.2, 0.25) is 0 Å². The lowest BCUT2D eigenvalue weighted by Gasteiger charge is -2.08. The lowest BCUT2D eigenvalue weighted by molar-refractivity contribution is 0.972. The van der Waals surface area contributed by atoms with Crippen molar-refractivity contribution in [3.8, 4) is 0 Å². The third-order valence-electron chi connectivity index (χ3n) is 3.14. The Hall–Kier alpha value is -1.92. The first-order valence-corrected chi connectivity index (χ1v) is 8.14. The molecular weight excluding hydrogens is 300 g/mol. The molecule has 21 heavy (non-hydrogen) atoms. The number of benzene rings is 2. The Kier molecular flexibility index (Phi) is 3.90. The molecule has 106 valence electrons. The molecule has 0 amide bonds. The summed E-state index contributed by atoms with van der Waals surface area (Å²) in [5, 5.41) is 9.77. The van der Waals surface area contributed by atoms with Gasteiger partial charge in [0.2, 0.25) is 0 Å². The van der Waals surface area contributed by atoms with Gasteiger partial charge < -0.3 is 5.73 Å². The minimum Gasteiger partial charge on any atom is -0.384 e. The van der Waals surface area contributed by atoms with E-state index >= 15 is 0 Å². The van der Waals surface area contributed by atoms with Crippen LogP contribution in [0.5, 0.6) is 0 Å². The maximum Gasteiger partial charge on any atom is 0.174 e. The summed E-state index contributed by atoms with van der Waals surface area (Å²) in [6.07, 6.45) is 0.848. The van der Waals surface area contributed by atoms with Crippen molar-refractivity contribution >= 4 is 39.9 Å². The predicted octanol–water partition coefficient (Wildman–Crippen LogP) is 3.69. The van der Waals surface area contributed by atoms with Crippen LogP contribution in [0.25, 0.3) is 10.8 Å². The highest BCUT2D eigenvalue weighted by Gasteiger charge is 2.11. The highest BCUT2D eigenvalue weighted by molar-refractivity contribution is 8.01. The number of nitrogens with zero attached hydrogens (tertiary/aromatic N) is 2. The molecule has 4 nitrogen and oxygen atoms in total. The van der Waals surface area contributed by atoms with Gasteiger partial charge >= 0.3 is 0 Å². The van der Waals surface area contributed by atoms with Gasteiger partial charge in [0.25, 0.3) is 0 Å². The third kappa shape index (κ3) is 2.77. The molecule has 0 saturated carbocycles. The zero-order valence-electron chi connectivity index (χ0n) is 11.5. The van der Waals surface area contributed by atoms with Crippen molar-refractivity contribution in [2.24, 2.45) is 5.73 Å². The number of nitrogens with two attached hydrogens (primary N) is 1. The van der Waals surface area contributed by atoms with Crippen LogP contribution in [0.15, 0.2) is 45.6 Å². The number of rotatable bonds is 4. The second kappa shape index (κ2) is 5.83. The Morgan fingerprint density at radius 1 is 1.24 bits per heavy atom. The van der Waals surface area contributed by atoms with Crippen LogP contribution in [0, 0.1) is 5.41 Å². The molecule has 0 aliphatic rings.